The van der Waals surface area contributed by atoms with Crippen LogP contribution in [0.2, 0.25) is 0 Å². The van der Waals surface area contributed by atoms with Crippen molar-refractivity contribution >= 4 is 11.9 Å². The Kier molecular flexibility index (Phi) is 9.33. The van der Waals surface area contributed by atoms with E-state index in [-0.39, 0.29) is 29.8 Å². The number of alkyl halides is 6. The van der Waals surface area contributed by atoms with Gasteiger partial charge >= 0.3 is 18.3 Å². The fourth-order valence-corrected chi connectivity index (χ4v) is 2.41. The molecule has 2 rings (SSSR count). The number of amides is 1. The third-order valence-electron chi connectivity index (χ3n) is 3.72. The predicted molar refractivity (Wildman–Crippen MR) is 89.1 cm³/mol. The van der Waals surface area contributed by atoms with E-state index in [0.29, 0.717) is 13.0 Å². The molecule has 1 heterocycles. The summed E-state index contributed by atoms with van der Waals surface area (Å²) in [6.07, 6.45) is -7.46. The van der Waals surface area contributed by atoms with E-state index in [1.54, 1.807) is 0 Å². The lowest BCUT2D eigenvalue weighted by Crippen LogP contribution is -2.44. The van der Waals surface area contributed by atoms with Crippen LogP contribution in [0.1, 0.15) is 24.8 Å². The third-order valence-corrected chi connectivity index (χ3v) is 3.72. The number of carbonyl (C=O) groups excluding carboxylic acids is 1. The second kappa shape index (κ2) is 11.0. The quantitative estimate of drug-likeness (QED) is 0.582. The lowest BCUT2D eigenvalue weighted by atomic mass is 10.0. The maximum Gasteiger partial charge on any atom is 0.490 e. The highest BCUT2D eigenvalue weighted by atomic mass is 19.4. The molecule has 0 bridgehead atoms. The van der Waals surface area contributed by atoms with Gasteiger partial charge in [0.25, 0.3) is 0 Å². The zero-order valence-electron chi connectivity index (χ0n) is 15.4. The summed E-state index contributed by atoms with van der Waals surface area (Å²) in [6.45, 7) is -1.03. The van der Waals surface area contributed by atoms with Crippen LogP contribution in [-0.4, -0.2) is 48.5 Å². The maximum atomic E-state index is 13.8. The molecule has 0 saturated carbocycles. The number of benzene rings is 1. The number of halogens is 7. The molecule has 0 unspecified atom stereocenters. The van der Waals surface area contributed by atoms with Gasteiger partial charge in [0.1, 0.15) is 11.6 Å². The Morgan fingerprint density at radius 3 is 2.40 bits per heavy atom. The van der Waals surface area contributed by atoms with Gasteiger partial charge in [0.15, 0.2) is 6.61 Å². The summed E-state index contributed by atoms with van der Waals surface area (Å²) in [6, 6.07) is 3.71. The van der Waals surface area contributed by atoms with Crippen molar-refractivity contribution in [3.8, 4) is 5.75 Å². The van der Waals surface area contributed by atoms with Gasteiger partial charge in [0.2, 0.25) is 5.91 Å². The van der Waals surface area contributed by atoms with Gasteiger partial charge in [-0.3, -0.25) is 4.79 Å². The lowest BCUT2D eigenvalue weighted by Gasteiger charge is -2.23. The zero-order valence-corrected chi connectivity index (χ0v) is 15.4. The van der Waals surface area contributed by atoms with Crippen LogP contribution in [0.15, 0.2) is 18.2 Å². The Morgan fingerprint density at radius 1 is 1.23 bits per heavy atom. The van der Waals surface area contributed by atoms with Crippen LogP contribution in [0.25, 0.3) is 0 Å². The lowest BCUT2D eigenvalue weighted by molar-refractivity contribution is -0.192. The molecule has 0 spiro atoms. The molecule has 1 aromatic carbocycles. The number of piperidine rings is 1. The largest absolute Gasteiger partial charge is 0.490 e. The van der Waals surface area contributed by atoms with Crippen molar-refractivity contribution in [2.75, 3.05) is 13.2 Å². The minimum absolute atomic E-state index is 0.0201. The number of carboxylic acids is 1. The van der Waals surface area contributed by atoms with E-state index in [9.17, 15) is 35.5 Å². The van der Waals surface area contributed by atoms with Gasteiger partial charge in [0, 0.05) is 31.1 Å². The molecule has 30 heavy (non-hydrogen) atoms. The van der Waals surface area contributed by atoms with E-state index in [0.717, 1.165) is 12.8 Å². The molecule has 1 saturated heterocycles. The molecule has 0 radical (unpaired) electrons. The Bertz CT molecular complexity index is 723. The number of carbonyl (C=O) groups is 2. The highest BCUT2D eigenvalue weighted by Crippen LogP contribution is 2.24. The maximum absolute atomic E-state index is 13.8. The second-order valence-electron chi connectivity index (χ2n) is 6.21. The highest BCUT2D eigenvalue weighted by Gasteiger charge is 2.38. The molecule has 1 fully saturated rings. The van der Waals surface area contributed by atoms with Crippen LogP contribution in [0, 0.1) is 5.82 Å². The van der Waals surface area contributed by atoms with Crippen molar-refractivity contribution in [1.29, 1.82) is 0 Å². The van der Waals surface area contributed by atoms with Crippen LogP contribution in [0.5, 0.6) is 5.75 Å². The molecule has 1 atom stereocenters. The van der Waals surface area contributed by atoms with E-state index >= 15 is 0 Å². The monoisotopic (exact) mass is 448 g/mol. The molecule has 1 aliphatic heterocycles. The molecule has 6 nitrogen and oxygen atoms in total. The topological polar surface area (TPSA) is 87.7 Å². The molecule has 1 amide bonds. The van der Waals surface area contributed by atoms with E-state index in [1.165, 1.54) is 18.2 Å². The van der Waals surface area contributed by atoms with Gasteiger partial charge in [-0.15, -0.1) is 0 Å². The van der Waals surface area contributed by atoms with Gasteiger partial charge in [-0.05, 0) is 25.0 Å². The summed E-state index contributed by atoms with van der Waals surface area (Å²) in [5.74, 6) is -3.55. The van der Waals surface area contributed by atoms with Crippen LogP contribution < -0.4 is 15.4 Å². The van der Waals surface area contributed by atoms with Crippen LogP contribution in [0.4, 0.5) is 30.7 Å². The van der Waals surface area contributed by atoms with Crippen LogP contribution in [0.3, 0.4) is 0 Å². The molecular formula is C17H19F7N2O4. The fraction of sp³-hybridized carbons (Fsp3) is 0.529. The Hall–Kier alpha value is -2.57. The number of hydrogen-bond acceptors (Lipinski definition) is 4. The summed E-state index contributed by atoms with van der Waals surface area (Å²) in [5.41, 5.74) is 0.0406. The molecule has 13 heteroatoms. The Labute approximate surface area is 166 Å². The van der Waals surface area contributed by atoms with Crippen molar-refractivity contribution in [1.82, 2.24) is 10.6 Å². The first-order valence-corrected chi connectivity index (χ1v) is 8.56. The first kappa shape index (κ1) is 25.5. The fourth-order valence-electron chi connectivity index (χ4n) is 2.41. The molecule has 0 aromatic heterocycles. The van der Waals surface area contributed by atoms with Crippen LogP contribution >= 0.6 is 0 Å². The molecule has 1 aliphatic rings. The number of carboxylic acid groups (broad SMARTS) is 1. The highest BCUT2D eigenvalue weighted by molar-refractivity contribution is 5.76. The smallest absolute Gasteiger partial charge is 0.484 e. The van der Waals surface area contributed by atoms with E-state index < -0.39 is 30.7 Å². The van der Waals surface area contributed by atoms with E-state index in [2.05, 4.69) is 15.4 Å². The van der Waals surface area contributed by atoms with Crippen LogP contribution in [-0.2, 0) is 16.1 Å². The number of ether oxygens (including phenoxy) is 1. The average Bonchev–Trinajstić information content (AvgIpc) is 2.61. The Morgan fingerprint density at radius 2 is 1.87 bits per heavy atom. The number of nitrogens with one attached hydrogen (secondary N) is 2. The van der Waals surface area contributed by atoms with Crippen molar-refractivity contribution in [3.63, 3.8) is 0 Å². The minimum atomic E-state index is -5.08. The summed E-state index contributed by atoms with van der Waals surface area (Å²) in [4.78, 5) is 20.2. The third kappa shape index (κ3) is 9.76. The number of hydrogen-bond donors (Lipinski definition) is 3. The number of aliphatic carboxylic acids is 1. The summed E-state index contributed by atoms with van der Waals surface area (Å²) >= 11 is 0. The van der Waals surface area contributed by atoms with Gasteiger partial charge in [-0.1, -0.05) is 6.07 Å². The van der Waals surface area contributed by atoms with Crippen molar-refractivity contribution in [3.05, 3.63) is 29.6 Å². The van der Waals surface area contributed by atoms with E-state index in [4.69, 9.17) is 9.90 Å². The van der Waals surface area contributed by atoms with Gasteiger partial charge < -0.3 is 20.5 Å². The van der Waals surface area contributed by atoms with Crippen molar-refractivity contribution in [2.45, 2.75) is 44.2 Å². The normalized spacial score (nSPS) is 16.9. The molecular weight excluding hydrogens is 429 g/mol. The minimum Gasteiger partial charge on any atom is -0.484 e. The first-order valence-electron chi connectivity index (χ1n) is 8.56. The van der Waals surface area contributed by atoms with E-state index in [1.807, 2.05) is 0 Å². The number of rotatable bonds is 6. The average molecular weight is 448 g/mol. The standard InChI is InChI=1S/C15H18F4N2O2.C2HF3O2/c16-12-4-2-5-13(23-9-15(17,18)19)11(12)8-20-7-10-3-1-6-14(22)21-10;3-2(4,5)1(6)7/h2,4-5,10,20H,1,3,6-9H2,(H,21,22);(H,6,7)/t10-;/m1./s1. The summed E-state index contributed by atoms with van der Waals surface area (Å²) in [7, 11) is 0. The predicted octanol–water partition coefficient (Wildman–Crippen LogP) is 3.16. The Balaban J connectivity index is 0.000000553. The SMILES string of the molecule is O=C(O)C(F)(F)F.O=C1CCC[C@H](CNCc2c(F)cccc2OCC(F)(F)F)N1. The zero-order chi connectivity index (χ0) is 22.9. The summed E-state index contributed by atoms with van der Waals surface area (Å²) < 4.78 is 86.9. The second-order valence-corrected chi connectivity index (χ2v) is 6.21. The first-order chi connectivity index (χ1) is 13.8. The molecule has 170 valence electrons. The van der Waals surface area contributed by atoms with Gasteiger partial charge in [-0.25, -0.2) is 9.18 Å². The van der Waals surface area contributed by atoms with Gasteiger partial charge in [-0.2, -0.15) is 26.3 Å². The summed E-state index contributed by atoms with van der Waals surface area (Å²) in [5, 5.41) is 12.9. The van der Waals surface area contributed by atoms with Crippen molar-refractivity contribution < 1.29 is 50.2 Å². The molecule has 0 aliphatic carbocycles. The van der Waals surface area contributed by atoms with Crippen molar-refractivity contribution in [2.24, 2.45) is 0 Å². The van der Waals surface area contributed by atoms with Gasteiger partial charge in [0.05, 0.1) is 0 Å². The molecule has 1 aromatic rings. The molecule has 3 N–H and O–H groups in total.